The summed E-state index contributed by atoms with van der Waals surface area (Å²) in [6, 6.07) is 9.02. The van der Waals surface area contributed by atoms with Crippen molar-refractivity contribution in [1.29, 1.82) is 0 Å². The van der Waals surface area contributed by atoms with Crippen LogP contribution in [0.3, 0.4) is 0 Å². The lowest BCUT2D eigenvalue weighted by atomic mass is 10.2. The van der Waals surface area contributed by atoms with Gasteiger partial charge in [-0.15, -0.1) is 0 Å². The van der Waals surface area contributed by atoms with Crippen LogP contribution in [-0.4, -0.2) is 38.0 Å². The number of sulfonamides is 1. The highest BCUT2D eigenvalue weighted by molar-refractivity contribution is 7.88. The Hall–Kier alpha value is -1.83. The quantitative estimate of drug-likeness (QED) is 0.740. The molecule has 0 bridgehead atoms. The van der Waals surface area contributed by atoms with Crippen molar-refractivity contribution in [1.82, 2.24) is 9.29 Å². The average molecular weight is 338 g/mol. The molecule has 0 saturated carbocycles. The predicted molar refractivity (Wildman–Crippen MR) is 85.5 cm³/mol. The minimum Gasteiger partial charge on any atom is -0.383 e. The second-order valence-corrected chi connectivity index (χ2v) is 7.03. The molecule has 0 radical (unpaired) electrons. The standard InChI is InChI=1S/C16H19FN2O3S/c1-22-11-10-19(12-14-6-8-18-9-7-14)23(20,21)13-15-2-4-16(17)5-3-15/h2-9H,10-13H2,1H3. The zero-order valence-corrected chi connectivity index (χ0v) is 13.7. The summed E-state index contributed by atoms with van der Waals surface area (Å²) in [5, 5.41) is 0. The van der Waals surface area contributed by atoms with Gasteiger partial charge in [0.15, 0.2) is 0 Å². The van der Waals surface area contributed by atoms with Gasteiger partial charge >= 0.3 is 0 Å². The van der Waals surface area contributed by atoms with Crippen LogP contribution < -0.4 is 0 Å². The van der Waals surface area contributed by atoms with Crippen molar-refractivity contribution < 1.29 is 17.5 Å². The van der Waals surface area contributed by atoms with E-state index >= 15 is 0 Å². The first-order valence-electron chi connectivity index (χ1n) is 7.11. The van der Waals surface area contributed by atoms with E-state index in [4.69, 9.17) is 4.74 Å². The Labute approximate surface area is 135 Å². The number of rotatable bonds is 8. The molecule has 0 atom stereocenters. The lowest BCUT2D eigenvalue weighted by molar-refractivity contribution is 0.177. The van der Waals surface area contributed by atoms with Crippen LogP contribution in [0.4, 0.5) is 4.39 Å². The summed E-state index contributed by atoms with van der Waals surface area (Å²) in [5.41, 5.74) is 1.39. The molecule has 1 aromatic heterocycles. The van der Waals surface area contributed by atoms with Gasteiger partial charge in [-0.25, -0.2) is 12.8 Å². The Kier molecular flexibility index (Phi) is 6.20. The molecule has 1 heterocycles. The molecule has 0 N–H and O–H groups in total. The fraction of sp³-hybridized carbons (Fsp3) is 0.312. The highest BCUT2D eigenvalue weighted by Gasteiger charge is 2.22. The van der Waals surface area contributed by atoms with Crippen molar-refractivity contribution in [3.8, 4) is 0 Å². The van der Waals surface area contributed by atoms with Crippen LogP contribution in [0.2, 0.25) is 0 Å². The Morgan fingerprint density at radius 1 is 1.09 bits per heavy atom. The number of methoxy groups -OCH3 is 1. The normalized spacial score (nSPS) is 11.8. The van der Waals surface area contributed by atoms with Crippen molar-refractivity contribution in [3.63, 3.8) is 0 Å². The van der Waals surface area contributed by atoms with E-state index in [-0.39, 0.29) is 24.7 Å². The molecule has 124 valence electrons. The van der Waals surface area contributed by atoms with Crippen molar-refractivity contribution in [3.05, 3.63) is 65.7 Å². The number of benzene rings is 1. The molecule has 1 aromatic carbocycles. The zero-order valence-electron chi connectivity index (χ0n) is 12.9. The molecule has 0 spiro atoms. The third-order valence-electron chi connectivity index (χ3n) is 3.31. The second kappa shape index (κ2) is 8.14. The molecule has 0 unspecified atom stereocenters. The van der Waals surface area contributed by atoms with Gasteiger partial charge in [0.2, 0.25) is 10.0 Å². The second-order valence-electron chi connectivity index (χ2n) is 5.06. The van der Waals surface area contributed by atoms with E-state index in [2.05, 4.69) is 4.98 Å². The molecule has 5 nitrogen and oxygen atoms in total. The van der Waals surface area contributed by atoms with E-state index in [1.165, 1.54) is 35.7 Å². The van der Waals surface area contributed by atoms with Crippen LogP contribution in [-0.2, 0) is 27.1 Å². The monoisotopic (exact) mass is 338 g/mol. The van der Waals surface area contributed by atoms with Crippen LogP contribution in [0.5, 0.6) is 0 Å². The molecule has 0 aliphatic heterocycles. The van der Waals surface area contributed by atoms with Crippen LogP contribution in [0.15, 0.2) is 48.8 Å². The maximum absolute atomic E-state index is 12.9. The first-order valence-corrected chi connectivity index (χ1v) is 8.72. The molecule has 0 aliphatic rings. The Bertz CT molecular complexity index is 706. The lowest BCUT2D eigenvalue weighted by Gasteiger charge is -2.22. The fourth-order valence-electron chi connectivity index (χ4n) is 2.08. The van der Waals surface area contributed by atoms with Gasteiger partial charge < -0.3 is 4.74 Å². The summed E-state index contributed by atoms with van der Waals surface area (Å²) in [6.07, 6.45) is 3.24. The van der Waals surface area contributed by atoms with Crippen molar-refractivity contribution in [2.45, 2.75) is 12.3 Å². The van der Waals surface area contributed by atoms with Gasteiger partial charge in [0.1, 0.15) is 5.82 Å². The summed E-state index contributed by atoms with van der Waals surface area (Å²) < 4.78 is 44.6. The number of ether oxygens (including phenoxy) is 1. The molecule has 2 rings (SSSR count). The average Bonchev–Trinajstić information content (AvgIpc) is 2.54. The number of hydrogen-bond acceptors (Lipinski definition) is 4. The van der Waals surface area contributed by atoms with Crippen molar-refractivity contribution in [2.24, 2.45) is 0 Å². The smallest absolute Gasteiger partial charge is 0.218 e. The third-order valence-corrected chi connectivity index (χ3v) is 5.11. The number of hydrogen-bond donors (Lipinski definition) is 0. The molecular formula is C16H19FN2O3S. The maximum Gasteiger partial charge on any atom is 0.218 e. The zero-order chi connectivity index (χ0) is 16.7. The summed E-state index contributed by atoms with van der Waals surface area (Å²) in [5.74, 6) is -0.568. The highest BCUT2D eigenvalue weighted by Crippen LogP contribution is 2.15. The van der Waals surface area contributed by atoms with Gasteiger partial charge in [0.25, 0.3) is 0 Å². The van der Waals surface area contributed by atoms with E-state index in [9.17, 15) is 12.8 Å². The van der Waals surface area contributed by atoms with E-state index in [1.807, 2.05) is 0 Å². The van der Waals surface area contributed by atoms with Crippen molar-refractivity contribution >= 4 is 10.0 Å². The first kappa shape index (κ1) is 17.5. The highest BCUT2D eigenvalue weighted by atomic mass is 32.2. The molecule has 0 amide bonds. The minimum atomic E-state index is -3.55. The lowest BCUT2D eigenvalue weighted by Crippen LogP contribution is -2.34. The van der Waals surface area contributed by atoms with Gasteiger partial charge in [-0.05, 0) is 35.4 Å². The van der Waals surface area contributed by atoms with Gasteiger partial charge in [-0.1, -0.05) is 12.1 Å². The molecule has 2 aromatic rings. The van der Waals surface area contributed by atoms with Crippen LogP contribution in [0, 0.1) is 5.82 Å². The van der Waals surface area contributed by atoms with Gasteiger partial charge in [-0.3, -0.25) is 4.98 Å². The van der Waals surface area contributed by atoms with E-state index < -0.39 is 10.0 Å². The summed E-state index contributed by atoms with van der Waals surface area (Å²) in [6.45, 7) is 0.797. The van der Waals surface area contributed by atoms with Gasteiger partial charge in [0, 0.05) is 32.6 Å². The number of halogens is 1. The molecular weight excluding hydrogens is 319 g/mol. The number of aromatic nitrogens is 1. The Balaban J connectivity index is 2.16. The Morgan fingerprint density at radius 2 is 1.74 bits per heavy atom. The minimum absolute atomic E-state index is 0.178. The molecule has 23 heavy (non-hydrogen) atoms. The number of pyridine rings is 1. The summed E-state index contributed by atoms with van der Waals surface area (Å²) >= 11 is 0. The van der Waals surface area contributed by atoms with Crippen LogP contribution in [0.1, 0.15) is 11.1 Å². The maximum atomic E-state index is 12.9. The predicted octanol–water partition coefficient (Wildman–Crippen LogP) is 2.20. The first-order chi connectivity index (χ1) is 11.0. The molecule has 0 fully saturated rings. The molecule has 7 heteroatoms. The van der Waals surface area contributed by atoms with Gasteiger partial charge in [-0.2, -0.15) is 4.31 Å². The largest absolute Gasteiger partial charge is 0.383 e. The topological polar surface area (TPSA) is 59.5 Å². The van der Waals surface area contributed by atoms with E-state index in [1.54, 1.807) is 24.5 Å². The Morgan fingerprint density at radius 3 is 2.35 bits per heavy atom. The number of nitrogens with zero attached hydrogens (tertiary/aromatic N) is 2. The summed E-state index contributed by atoms with van der Waals surface area (Å²) in [4.78, 5) is 3.92. The SMILES string of the molecule is COCCN(Cc1ccncc1)S(=O)(=O)Cc1ccc(F)cc1. The molecule has 0 saturated heterocycles. The van der Waals surface area contributed by atoms with Crippen molar-refractivity contribution in [2.75, 3.05) is 20.3 Å². The van der Waals surface area contributed by atoms with Gasteiger partial charge in [0.05, 0.1) is 12.4 Å². The summed E-state index contributed by atoms with van der Waals surface area (Å²) in [7, 11) is -2.02. The van der Waals surface area contributed by atoms with E-state index in [0.717, 1.165) is 5.56 Å². The third kappa shape index (κ3) is 5.38. The van der Waals surface area contributed by atoms with E-state index in [0.29, 0.717) is 12.2 Å². The fourth-order valence-corrected chi connectivity index (χ4v) is 3.58. The van der Waals surface area contributed by atoms with Crippen LogP contribution >= 0.6 is 0 Å². The van der Waals surface area contributed by atoms with Crippen LogP contribution in [0.25, 0.3) is 0 Å². The molecule has 0 aliphatic carbocycles.